The number of rotatable bonds is 4. The van der Waals surface area contributed by atoms with Crippen LogP contribution in [-0.2, 0) is 0 Å². The van der Waals surface area contributed by atoms with E-state index >= 15 is 0 Å². The number of benzene rings is 1. The monoisotopic (exact) mass is 362 g/mol. The fraction of sp³-hybridized carbons (Fsp3) is 0.273. The van der Waals surface area contributed by atoms with E-state index in [1.807, 2.05) is 6.07 Å². The third-order valence-corrected chi connectivity index (χ3v) is 5.27. The van der Waals surface area contributed by atoms with Gasteiger partial charge in [0.1, 0.15) is 11.3 Å². The van der Waals surface area contributed by atoms with Crippen molar-refractivity contribution in [1.82, 2.24) is 10.3 Å². The van der Waals surface area contributed by atoms with Crippen LogP contribution < -0.4 is 10.9 Å². The molecular formula is C22H22N2O3. The number of hydrogen-bond acceptors (Lipinski definition) is 3. The Kier molecular flexibility index (Phi) is 4.92. The van der Waals surface area contributed by atoms with E-state index in [2.05, 4.69) is 34.6 Å². The average molecular weight is 362 g/mol. The molecule has 2 heterocycles. The average Bonchev–Trinajstić information content (AvgIpc) is 3.24. The molecule has 3 aromatic rings. The van der Waals surface area contributed by atoms with E-state index in [9.17, 15) is 9.59 Å². The van der Waals surface area contributed by atoms with E-state index in [-0.39, 0.29) is 17.5 Å². The van der Waals surface area contributed by atoms with Crippen LogP contribution in [0.15, 0.2) is 70.1 Å². The minimum Gasteiger partial charge on any atom is -0.463 e. The first-order valence-electron chi connectivity index (χ1n) is 9.34. The summed E-state index contributed by atoms with van der Waals surface area (Å²) in [5, 5.41) is 3.02. The molecule has 1 saturated carbocycles. The molecule has 1 fully saturated rings. The molecule has 1 aliphatic rings. The van der Waals surface area contributed by atoms with Gasteiger partial charge < -0.3 is 14.7 Å². The summed E-state index contributed by atoms with van der Waals surface area (Å²) in [5.74, 6) is 0.805. The minimum atomic E-state index is -0.403. The van der Waals surface area contributed by atoms with Crippen molar-refractivity contribution >= 4 is 5.91 Å². The normalized spacial score (nSPS) is 19.6. The number of carbonyl (C=O) groups excluding carboxylic acids is 1. The molecule has 2 N–H and O–H groups in total. The molecule has 0 atom stereocenters. The highest BCUT2D eigenvalue weighted by Gasteiger charge is 2.24. The lowest BCUT2D eigenvalue weighted by atomic mass is 9.82. The van der Waals surface area contributed by atoms with Crippen LogP contribution in [-0.4, -0.2) is 16.9 Å². The standard InChI is InChI=1S/C22H22N2O3/c25-21(18-12-13-19(24-22(18)26)20-7-4-14-27-20)23-17-10-8-16(9-11-17)15-5-2-1-3-6-15/h1-7,12-14,16-17H,8-11H2,(H,23,25)(H,24,26). The zero-order valence-corrected chi connectivity index (χ0v) is 15.0. The third-order valence-electron chi connectivity index (χ3n) is 5.27. The molecule has 0 spiro atoms. The first-order chi connectivity index (χ1) is 13.2. The van der Waals surface area contributed by atoms with Crippen LogP contribution in [0.3, 0.4) is 0 Å². The first kappa shape index (κ1) is 17.3. The fourth-order valence-corrected chi connectivity index (χ4v) is 3.79. The van der Waals surface area contributed by atoms with Crippen molar-refractivity contribution in [2.75, 3.05) is 0 Å². The quantitative estimate of drug-likeness (QED) is 0.734. The zero-order chi connectivity index (χ0) is 18.6. The van der Waals surface area contributed by atoms with Gasteiger partial charge in [-0.1, -0.05) is 30.3 Å². The van der Waals surface area contributed by atoms with Crippen LogP contribution in [0, 0.1) is 0 Å². The molecule has 5 nitrogen and oxygen atoms in total. The highest BCUT2D eigenvalue weighted by Crippen LogP contribution is 2.32. The molecule has 4 rings (SSSR count). The van der Waals surface area contributed by atoms with Crippen LogP contribution in [0.5, 0.6) is 0 Å². The Morgan fingerprint density at radius 3 is 2.41 bits per heavy atom. The van der Waals surface area contributed by atoms with Crippen molar-refractivity contribution < 1.29 is 9.21 Å². The molecule has 0 unspecified atom stereocenters. The number of nitrogens with one attached hydrogen (secondary N) is 2. The van der Waals surface area contributed by atoms with Crippen molar-refractivity contribution in [3.8, 4) is 11.5 Å². The van der Waals surface area contributed by atoms with Crippen LogP contribution in [0.2, 0.25) is 0 Å². The Hall–Kier alpha value is -3.08. The summed E-state index contributed by atoms with van der Waals surface area (Å²) in [5.41, 5.74) is 1.66. The number of H-pyrrole nitrogens is 1. The van der Waals surface area contributed by atoms with Crippen molar-refractivity contribution in [2.24, 2.45) is 0 Å². The maximum absolute atomic E-state index is 12.5. The zero-order valence-electron chi connectivity index (χ0n) is 15.0. The Morgan fingerprint density at radius 1 is 0.963 bits per heavy atom. The van der Waals surface area contributed by atoms with E-state index in [1.165, 1.54) is 5.56 Å². The minimum absolute atomic E-state index is 0.113. The summed E-state index contributed by atoms with van der Waals surface area (Å²) in [4.78, 5) is 27.5. The number of carbonyl (C=O) groups is 1. The fourth-order valence-electron chi connectivity index (χ4n) is 3.79. The van der Waals surface area contributed by atoms with E-state index < -0.39 is 5.56 Å². The lowest BCUT2D eigenvalue weighted by Crippen LogP contribution is -2.39. The van der Waals surface area contributed by atoms with Gasteiger partial charge in [0.05, 0.1) is 12.0 Å². The van der Waals surface area contributed by atoms with Crippen molar-refractivity contribution in [2.45, 2.75) is 37.6 Å². The number of amides is 1. The van der Waals surface area contributed by atoms with E-state index in [0.29, 0.717) is 17.4 Å². The lowest BCUT2D eigenvalue weighted by molar-refractivity contribution is 0.0924. The molecule has 0 bridgehead atoms. The highest BCUT2D eigenvalue weighted by atomic mass is 16.3. The molecule has 5 heteroatoms. The molecule has 0 aliphatic heterocycles. The van der Waals surface area contributed by atoms with E-state index in [0.717, 1.165) is 25.7 Å². The van der Waals surface area contributed by atoms with Crippen LogP contribution in [0.25, 0.3) is 11.5 Å². The second-order valence-electron chi connectivity index (χ2n) is 7.02. The Bertz CT molecular complexity index is 953. The smallest absolute Gasteiger partial charge is 0.261 e. The number of hydrogen-bond donors (Lipinski definition) is 2. The van der Waals surface area contributed by atoms with Crippen LogP contribution >= 0.6 is 0 Å². The molecule has 1 amide bonds. The molecular weight excluding hydrogens is 340 g/mol. The maximum Gasteiger partial charge on any atom is 0.261 e. The van der Waals surface area contributed by atoms with E-state index in [4.69, 9.17) is 4.42 Å². The largest absolute Gasteiger partial charge is 0.463 e. The topological polar surface area (TPSA) is 75.1 Å². The van der Waals surface area contributed by atoms with Crippen molar-refractivity contribution in [3.05, 3.63) is 82.3 Å². The number of furan rings is 1. The molecule has 1 aromatic carbocycles. The van der Waals surface area contributed by atoms with Crippen molar-refractivity contribution in [1.29, 1.82) is 0 Å². The Balaban J connectivity index is 1.38. The molecule has 0 saturated heterocycles. The number of pyridine rings is 1. The first-order valence-corrected chi connectivity index (χ1v) is 9.34. The maximum atomic E-state index is 12.5. The summed E-state index contributed by atoms with van der Waals surface area (Å²) in [6, 6.07) is 17.4. The second kappa shape index (κ2) is 7.66. The highest BCUT2D eigenvalue weighted by molar-refractivity contribution is 5.94. The summed E-state index contributed by atoms with van der Waals surface area (Å²) < 4.78 is 5.27. The predicted molar refractivity (Wildman–Crippen MR) is 104 cm³/mol. The summed E-state index contributed by atoms with van der Waals surface area (Å²) in [6.45, 7) is 0. The van der Waals surface area contributed by atoms with Gasteiger partial charge in [-0.3, -0.25) is 9.59 Å². The Labute approximate surface area is 157 Å². The molecule has 138 valence electrons. The van der Waals surface area contributed by atoms with Gasteiger partial charge in [-0.15, -0.1) is 0 Å². The summed E-state index contributed by atoms with van der Waals surface area (Å²) >= 11 is 0. The molecule has 2 aromatic heterocycles. The van der Waals surface area contributed by atoms with Gasteiger partial charge in [0.2, 0.25) is 0 Å². The molecule has 1 aliphatic carbocycles. The van der Waals surface area contributed by atoms with Gasteiger partial charge in [-0.2, -0.15) is 0 Å². The van der Waals surface area contributed by atoms with Crippen LogP contribution in [0.1, 0.15) is 47.5 Å². The number of aromatic amines is 1. The SMILES string of the molecule is O=C(NC1CCC(c2ccccc2)CC1)c1ccc(-c2ccco2)[nH]c1=O. The van der Waals surface area contributed by atoms with Gasteiger partial charge in [0.15, 0.2) is 0 Å². The predicted octanol–water partition coefficient (Wildman–Crippen LogP) is 4.09. The summed E-state index contributed by atoms with van der Waals surface area (Å²) in [6.07, 6.45) is 5.48. The third kappa shape index (κ3) is 3.87. The molecule has 0 radical (unpaired) electrons. The second-order valence-corrected chi connectivity index (χ2v) is 7.02. The van der Waals surface area contributed by atoms with Gasteiger partial charge in [-0.25, -0.2) is 0 Å². The number of aromatic nitrogens is 1. The van der Waals surface area contributed by atoms with Gasteiger partial charge in [0, 0.05) is 6.04 Å². The lowest BCUT2D eigenvalue weighted by Gasteiger charge is -2.29. The van der Waals surface area contributed by atoms with Gasteiger partial charge in [0.25, 0.3) is 11.5 Å². The molecule has 27 heavy (non-hydrogen) atoms. The summed E-state index contributed by atoms with van der Waals surface area (Å²) in [7, 11) is 0. The van der Waals surface area contributed by atoms with Gasteiger partial charge >= 0.3 is 0 Å². The van der Waals surface area contributed by atoms with Gasteiger partial charge in [-0.05, 0) is 61.4 Å². The van der Waals surface area contributed by atoms with Crippen LogP contribution in [0.4, 0.5) is 0 Å². The van der Waals surface area contributed by atoms with E-state index in [1.54, 1.807) is 30.5 Å². The Morgan fingerprint density at radius 2 is 1.74 bits per heavy atom. The van der Waals surface area contributed by atoms with Crippen molar-refractivity contribution in [3.63, 3.8) is 0 Å².